The van der Waals surface area contributed by atoms with E-state index in [0.29, 0.717) is 0 Å². The minimum atomic E-state index is -4.29. The van der Waals surface area contributed by atoms with Crippen LogP contribution in [-0.4, -0.2) is 89.5 Å². The Morgan fingerprint density at radius 1 is 0.762 bits per heavy atom. The summed E-state index contributed by atoms with van der Waals surface area (Å²) in [5, 5.41) is 46.8. The minimum Gasteiger partial charge on any atom is -0.394 e. The molecule has 4 atom stereocenters. The highest BCUT2D eigenvalue weighted by atomic mass is 32.3. The molecule has 21 heavy (non-hydrogen) atoms. The Bertz CT molecular complexity index is 479. The van der Waals surface area contributed by atoms with Gasteiger partial charge in [0, 0.05) is 11.5 Å². The first-order valence-electron chi connectivity index (χ1n) is 6.22. The summed E-state index contributed by atoms with van der Waals surface area (Å²) in [6.07, 6.45) is -8.59. The zero-order valence-electron chi connectivity index (χ0n) is 11.7. The monoisotopic (exact) mass is 350 g/mol. The molecule has 0 heterocycles. The van der Waals surface area contributed by atoms with Crippen LogP contribution in [0.5, 0.6) is 0 Å². The molecule has 5 N–H and O–H groups in total. The summed E-state index contributed by atoms with van der Waals surface area (Å²) >= 11 is 0. The summed E-state index contributed by atoms with van der Waals surface area (Å²) < 4.78 is 45.2. The second kappa shape index (κ2) is 7.81. The van der Waals surface area contributed by atoms with Crippen molar-refractivity contribution in [2.45, 2.75) is 42.8 Å². The molecule has 0 rings (SSSR count). The second-order valence-electron chi connectivity index (χ2n) is 4.49. The predicted octanol–water partition coefficient (Wildman–Crippen LogP) is -3.38. The van der Waals surface area contributed by atoms with Gasteiger partial charge in [0.25, 0.3) is 0 Å². The van der Waals surface area contributed by atoms with Crippen molar-refractivity contribution >= 4 is 19.7 Å². The van der Waals surface area contributed by atoms with Crippen LogP contribution < -0.4 is 0 Å². The third-order valence-corrected chi connectivity index (χ3v) is 8.41. The van der Waals surface area contributed by atoms with E-state index in [1.807, 2.05) is 0 Å². The molecule has 0 aliphatic carbocycles. The lowest BCUT2D eigenvalue weighted by atomic mass is 10.0. The molecule has 0 aromatic carbocycles. The molecular weight excluding hydrogens is 328 g/mol. The number of rotatable bonds is 9. The lowest BCUT2D eigenvalue weighted by Crippen LogP contribution is -2.54. The van der Waals surface area contributed by atoms with E-state index < -0.39 is 66.8 Å². The maximum Gasteiger partial charge on any atom is 0.191 e. The van der Waals surface area contributed by atoms with Crippen molar-refractivity contribution in [3.63, 3.8) is 0 Å². The predicted molar refractivity (Wildman–Crippen MR) is 73.8 cm³/mol. The quantitative estimate of drug-likeness (QED) is 0.285. The molecule has 11 heteroatoms. The molecule has 0 fully saturated rings. The maximum atomic E-state index is 11.9. The Balaban J connectivity index is 5.67. The molecule has 0 saturated heterocycles. The Morgan fingerprint density at radius 2 is 1.14 bits per heavy atom. The molecule has 0 saturated carbocycles. The topological polar surface area (TPSA) is 169 Å². The highest BCUT2D eigenvalue weighted by Gasteiger charge is 2.46. The van der Waals surface area contributed by atoms with Gasteiger partial charge in [-0.25, -0.2) is 16.8 Å². The average Bonchev–Trinajstić information content (AvgIpc) is 2.44. The second-order valence-corrected chi connectivity index (χ2v) is 9.61. The SMILES string of the molecule is CCS(=O)(=O)C([C@H](O)[C@H](O)[C@H](O)[C@H](O)CO)S(=O)(=O)CC. The molecular formula is C10H22O9S2. The number of sulfone groups is 2. The fraction of sp³-hybridized carbons (Fsp3) is 1.00. The molecule has 9 nitrogen and oxygen atoms in total. The summed E-state index contributed by atoms with van der Waals surface area (Å²) in [5.74, 6) is -1.20. The summed E-state index contributed by atoms with van der Waals surface area (Å²) in [6, 6.07) is 0. The van der Waals surface area contributed by atoms with Gasteiger partial charge in [0.2, 0.25) is 0 Å². The maximum absolute atomic E-state index is 11.9. The molecule has 0 amide bonds. The summed E-state index contributed by atoms with van der Waals surface area (Å²) in [7, 11) is -8.59. The van der Waals surface area contributed by atoms with E-state index in [9.17, 15) is 37.3 Å². The third kappa shape index (κ3) is 4.84. The van der Waals surface area contributed by atoms with E-state index in [1.165, 1.54) is 13.8 Å². The van der Waals surface area contributed by atoms with Crippen molar-refractivity contribution in [2.75, 3.05) is 18.1 Å². The van der Waals surface area contributed by atoms with Gasteiger partial charge in [-0.15, -0.1) is 0 Å². The van der Waals surface area contributed by atoms with Crippen LogP contribution in [0.3, 0.4) is 0 Å². The van der Waals surface area contributed by atoms with Crippen LogP contribution >= 0.6 is 0 Å². The van der Waals surface area contributed by atoms with Gasteiger partial charge in [-0.3, -0.25) is 0 Å². The van der Waals surface area contributed by atoms with Crippen molar-refractivity contribution in [1.82, 2.24) is 0 Å². The van der Waals surface area contributed by atoms with Gasteiger partial charge in [0.05, 0.1) is 6.61 Å². The summed E-state index contributed by atoms with van der Waals surface area (Å²) in [5.41, 5.74) is 0. The van der Waals surface area contributed by atoms with Gasteiger partial charge in [-0.05, 0) is 0 Å². The molecule has 128 valence electrons. The van der Waals surface area contributed by atoms with E-state index in [4.69, 9.17) is 5.11 Å². The van der Waals surface area contributed by atoms with Crippen LogP contribution in [0.2, 0.25) is 0 Å². The lowest BCUT2D eigenvalue weighted by molar-refractivity contribution is -0.111. The zero-order chi connectivity index (χ0) is 17.0. The summed E-state index contributed by atoms with van der Waals surface area (Å²) in [6.45, 7) is 1.38. The van der Waals surface area contributed by atoms with Crippen molar-refractivity contribution in [3.8, 4) is 0 Å². The first-order chi connectivity index (χ1) is 9.46. The molecule has 0 aromatic rings. The van der Waals surface area contributed by atoms with Crippen LogP contribution in [0.1, 0.15) is 13.8 Å². The van der Waals surface area contributed by atoms with Crippen LogP contribution in [-0.2, 0) is 19.7 Å². The smallest absolute Gasteiger partial charge is 0.191 e. The van der Waals surface area contributed by atoms with Crippen molar-refractivity contribution in [1.29, 1.82) is 0 Å². The Morgan fingerprint density at radius 3 is 1.43 bits per heavy atom. The van der Waals surface area contributed by atoms with Crippen LogP contribution in [0.15, 0.2) is 0 Å². The van der Waals surface area contributed by atoms with Gasteiger partial charge < -0.3 is 25.5 Å². The zero-order valence-corrected chi connectivity index (χ0v) is 13.3. The van der Waals surface area contributed by atoms with Gasteiger partial charge in [-0.2, -0.15) is 0 Å². The Kier molecular flexibility index (Phi) is 7.70. The third-order valence-electron chi connectivity index (χ3n) is 3.07. The highest BCUT2D eigenvalue weighted by Crippen LogP contribution is 2.21. The van der Waals surface area contributed by atoms with E-state index >= 15 is 0 Å². The number of hydrogen-bond donors (Lipinski definition) is 5. The van der Waals surface area contributed by atoms with E-state index in [-0.39, 0.29) is 0 Å². The number of aliphatic hydroxyl groups is 5. The fourth-order valence-corrected chi connectivity index (χ4v) is 6.11. The standard InChI is InChI=1S/C10H22O9S2/c1-3-20(16,17)10(21(18,19)4-2)9(15)8(14)7(13)6(12)5-11/h6-15H,3-5H2,1-2H3/t6-,7-,8-,9-/m1/s1. The highest BCUT2D eigenvalue weighted by molar-refractivity contribution is 8.09. The Hall–Kier alpha value is -0.300. The lowest BCUT2D eigenvalue weighted by Gasteiger charge is -2.30. The first-order valence-corrected chi connectivity index (χ1v) is 9.65. The molecule has 0 aliphatic rings. The number of aliphatic hydroxyl groups excluding tert-OH is 5. The largest absolute Gasteiger partial charge is 0.394 e. The average molecular weight is 350 g/mol. The molecule has 0 aromatic heterocycles. The van der Waals surface area contributed by atoms with Crippen molar-refractivity contribution in [2.24, 2.45) is 0 Å². The van der Waals surface area contributed by atoms with Crippen LogP contribution in [0, 0.1) is 0 Å². The molecule has 0 radical (unpaired) electrons. The van der Waals surface area contributed by atoms with Crippen molar-refractivity contribution in [3.05, 3.63) is 0 Å². The molecule has 0 unspecified atom stereocenters. The van der Waals surface area contributed by atoms with Gasteiger partial charge in [-0.1, -0.05) is 13.8 Å². The number of hydrogen-bond acceptors (Lipinski definition) is 9. The molecule has 0 bridgehead atoms. The first kappa shape index (κ1) is 20.7. The molecule has 0 spiro atoms. The van der Waals surface area contributed by atoms with Crippen molar-refractivity contribution < 1.29 is 42.4 Å². The summed E-state index contributed by atoms with van der Waals surface area (Å²) in [4.78, 5) is 0. The molecule has 0 aliphatic heterocycles. The normalized spacial score (nSPS) is 19.2. The van der Waals surface area contributed by atoms with Crippen LogP contribution in [0.4, 0.5) is 0 Å². The Labute approximate surface area is 123 Å². The van der Waals surface area contributed by atoms with Gasteiger partial charge in [0.15, 0.2) is 24.3 Å². The van der Waals surface area contributed by atoms with Crippen LogP contribution in [0.25, 0.3) is 0 Å². The fourth-order valence-electron chi connectivity index (χ4n) is 1.68. The minimum absolute atomic E-state index is 0.598. The van der Waals surface area contributed by atoms with Gasteiger partial charge in [0.1, 0.15) is 24.4 Å². The van der Waals surface area contributed by atoms with E-state index in [1.54, 1.807) is 0 Å². The van der Waals surface area contributed by atoms with E-state index in [0.717, 1.165) is 0 Å². The van der Waals surface area contributed by atoms with Gasteiger partial charge >= 0.3 is 0 Å². The van der Waals surface area contributed by atoms with E-state index in [2.05, 4.69) is 0 Å².